The van der Waals surface area contributed by atoms with E-state index in [0.29, 0.717) is 11.7 Å². The molecule has 0 unspecified atom stereocenters. The fourth-order valence-electron chi connectivity index (χ4n) is 1.88. The summed E-state index contributed by atoms with van der Waals surface area (Å²) in [5.41, 5.74) is 0.508. The molecule has 0 aliphatic heterocycles. The SMILES string of the molecule is C#CCN(CC(=O)O)C(=O)c1cccn1C1CC1. The molecule has 2 rings (SSSR count). The van der Waals surface area contributed by atoms with Crippen molar-refractivity contribution in [1.29, 1.82) is 0 Å². The van der Waals surface area contributed by atoms with Gasteiger partial charge in [-0.15, -0.1) is 6.42 Å². The molecule has 0 bridgehead atoms. The van der Waals surface area contributed by atoms with E-state index in [-0.39, 0.29) is 19.0 Å². The van der Waals surface area contributed by atoms with Gasteiger partial charge in [0.2, 0.25) is 0 Å². The van der Waals surface area contributed by atoms with Crippen molar-refractivity contribution in [2.45, 2.75) is 18.9 Å². The Kier molecular flexibility index (Phi) is 3.38. The summed E-state index contributed by atoms with van der Waals surface area (Å²) in [4.78, 5) is 24.1. The number of carbonyl (C=O) groups excluding carboxylic acids is 1. The molecule has 1 aromatic rings. The van der Waals surface area contributed by atoms with Gasteiger partial charge in [0.15, 0.2) is 0 Å². The van der Waals surface area contributed by atoms with Crippen molar-refractivity contribution in [2.75, 3.05) is 13.1 Å². The van der Waals surface area contributed by atoms with E-state index in [1.165, 1.54) is 0 Å². The number of rotatable bonds is 5. The molecule has 0 saturated heterocycles. The van der Waals surface area contributed by atoms with E-state index in [1.807, 2.05) is 10.8 Å². The summed E-state index contributed by atoms with van der Waals surface area (Å²) in [6.45, 7) is -0.375. The van der Waals surface area contributed by atoms with Crippen LogP contribution in [-0.4, -0.2) is 39.5 Å². The highest BCUT2D eigenvalue weighted by Crippen LogP contribution is 2.36. The summed E-state index contributed by atoms with van der Waals surface area (Å²) in [5.74, 6) is 0.920. The van der Waals surface area contributed by atoms with Crippen LogP contribution in [-0.2, 0) is 4.79 Å². The second-order valence-corrected chi connectivity index (χ2v) is 4.29. The van der Waals surface area contributed by atoms with Gasteiger partial charge in [-0.1, -0.05) is 5.92 Å². The summed E-state index contributed by atoms with van der Waals surface area (Å²) in [5, 5.41) is 8.78. The summed E-state index contributed by atoms with van der Waals surface area (Å²) in [6.07, 6.45) is 9.13. The van der Waals surface area contributed by atoms with Crippen molar-refractivity contribution in [1.82, 2.24) is 9.47 Å². The van der Waals surface area contributed by atoms with Crippen LogP contribution in [0.3, 0.4) is 0 Å². The number of carbonyl (C=O) groups is 2. The van der Waals surface area contributed by atoms with Crippen molar-refractivity contribution < 1.29 is 14.7 Å². The van der Waals surface area contributed by atoms with Gasteiger partial charge in [-0.25, -0.2) is 0 Å². The van der Waals surface area contributed by atoms with E-state index in [2.05, 4.69) is 5.92 Å². The smallest absolute Gasteiger partial charge is 0.323 e. The van der Waals surface area contributed by atoms with Gasteiger partial charge in [-0.2, -0.15) is 0 Å². The molecule has 0 aromatic carbocycles. The number of nitrogens with zero attached hydrogens (tertiary/aromatic N) is 2. The molecular formula is C13H14N2O3. The summed E-state index contributed by atoms with van der Waals surface area (Å²) in [6, 6.07) is 3.86. The maximum atomic E-state index is 12.2. The Balaban J connectivity index is 2.19. The zero-order chi connectivity index (χ0) is 13.1. The predicted molar refractivity (Wildman–Crippen MR) is 65.1 cm³/mol. The standard InChI is InChI=1S/C13H14N2O3/c1-2-7-14(9-12(16)17)13(18)11-4-3-8-15(11)10-5-6-10/h1,3-4,8,10H,5-7,9H2,(H,16,17). The highest BCUT2D eigenvalue weighted by Gasteiger charge is 2.28. The molecule has 1 aromatic heterocycles. The van der Waals surface area contributed by atoms with Gasteiger partial charge in [0, 0.05) is 12.2 Å². The van der Waals surface area contributed by atoms with Gasteiger partial charge in [-0.3, -0.25) is 9.59 Å². The number of aliphatic carboxylic acids is 1. The third-order valence-corrected chi connectivity index (χ3v) is 2.83. The van der Waals surface area contributed by atoms with Crippen LogP contribution in [0.15, 0.2) is 18.3 Å². The Morgan fingerprint density at radius 3 is 2.83 bits per heavy atom. The zero-order valence-electron chi connectivity index (χ0n) is 9.87. The molecule has 1 N–H and O–H groups in total. The largest absolute Gasteiger partial charge is 0.480 e. The molecule has 1 amide bonds. The van der Waals surface area contributed by atoms with Gasteiger partial charge >= 0.3 is 5.97 Å². The summed E-state index contributed by atoms with van der Waals surface area (Å²) in [7, 11) is 0. The second-order valence-electron chi connectivity index (χ2n) is 4.29. The number of amides is 1. The number of carboxylic acids is 1. The predicted octanol–water partition coefficient (Wildman–Crippen LogP) is 0.983. The Labute approximate surface area is 105 Å². The normalized spacial score (nSPS) is 13.9. The molecule has 1 aliphatic rings. The zero-order valence-corrected chi connectivity index (χ0v) is 9.87. The van der Waals surface area contributed by atoms with Crippen LogP contribution >= 0.6 is 0 Å². The first-order valence-electron chi connectivity index (χ1n) is 5.75. The number of carboxylic acid groups (broad SMARTS) is 1. The number of terminal acetylenes is 1. The van der Waals surface area contributed by atoms with E-state index >= 15 is 0 Å². The summed E-state index contributed by atoms with van der Waals surface area (Å²) < 4.78 is 1.90. The van der Waals surface area contributed by atoms with Crippen molar-refractivity contribution in [3.63, 3.8) is 0 Å². The average Bonchev–Trinajstić information content (AvgIpc) is 3.05. The van der Waals surface area contributed by atoms with Crippen molar-refractivity contribution in [3.8, 4) is 12.3 Å². The quantitative estimate of drug-likeness (QED) is 0.788. The second kappa shape index (κ2) is 4.96. The number of hydrogen-bond donors (Lipinski definition) is 1. The Morgan fingerprint density at radius 2 is 2.28 bits per heavy atom. The maximum absolute atomic E-state index is 12.2. The first-order valence-corrected chi connectivity index (χ1v) is 5.75. The molecule has 18 heavy (non-hydrogen) atoms. The van der Waals surface area contributed by atoms with Gasteiger partial charge < -0.3 is 14.6 Å². The minimum Gasteiger partial charge on any atom is -0.480 e. The van der Waals surface area contributed by atoms with Crippen molar-refractivity contribution in [2.24, 2.45) is 0 Å². The van der Waals surface area contributed by atoms with Crippen LogP contribution in [0.4, 0.5) is 0 Å². The first kappa shape index (κ1) is 12.2. The number of hydrogen-bond acceptors (Lipinski definition) is 2. The molecule has 0 radical (unpaired) electrons. The molecule has 1 heterocycles. The van der Waals surface area contributed by atoms with Crippen molar-refractivity contribution in [3.05, 3.63) is 24.0 Å². The minimum atomic E-state index is -1.07. The summed E-state index contributed by atoms with van der Waals surface area (Å²) >= 11 is 0. The molecule has 1 saturated carbocycles. The lowest BCUT2D eigenvalue weighted by Gasteiger charge is -2.19. The highest BCUT2D eigenvalue weighted by atomic mass is 16.4. The van der Waals surface area contributed by atoms with Crippen LogP contribution < -0.4 is 0 Å². The Morgan fingerprint density at radius 1 is 1.56 bits per heavy atom. The molecule has 5 heteroatoms. The molecule has 0 spiro atoms. The lowest BCUT2D eigenvalue weighted by Crippen LogP contribution is -2.37. The lowest BCUT2D eigenvalue weighted by molar-refractivity contribution is -0.137. The average molecular weight is 246 g/mol. The van der Waals surface area contributed by atoms with Crippen LogP contribution in [0.2, 0.25) is 0 Å². The molecule has 5 nitrogen and oxygen atoms in total. The van der Waals surface area contributed by atoms with E-state index < -0.39 is 5.97 Å². The minimum absolute atomic E-state index is 0.000972. The van der Waals surface area contributed by atoms with Crippen LogP contribution in [0.25, 0.3) is 0 Å². The van der Waals surface area contributed by atoms with Crippen molar-refractivity contribution >= 4 is 11.9 Å². The lowest BCUT2D eigenvalue weighted by atomic mass is 10.3. The fourth-order valence-corrected chi connectivity index (χ4v) is 1.88. The van der Waals surface area contributed by atoms with Gasteiger partial charge in [-0.05, 0) is 25.0 Å². The van der Waals surface area contributed by atoms with Gasteiger partial charge in [0.05, 0.1) is 6.54 Å². The van der Waals surface area contributed by atoms with Crippen LogP contribution in [0, 0.1) is 12.3 Å². The van der Waals surface area contributed by atoms with E-state index in [0.717, 1.165) is 17.7 Å². The Hall–Kier alpha value is -2.22. The number of aromatic nitrogens is 1. The van der Waals surface area contributed by atoms with Gasteiger partial charge in [0.1, 0.15) is 12.2 Å². The third-order valence-electron chi connectivity index (χ3n) is 2.83. The topological polar surface area (TPSA) is 62.5 Å². The van der Waals surface area contributed by atoms with Crippen LogP contribution in [0.5, 0.6) is 0 Å². The monoisotopic (exact) mass is 246 g/mol. The maximum Gasteiger partial charge on any atom is 0.323 e. The van der Waals surface area contributed by atoms with E-state index in [1.54, 1.807) is 12.1 Å². The molecule has 0 atom stereocenters. The fraction of sp³-hybridized carbons (Fsp3) is 0.385. The third kappa shape index (κ3) is 2.54. The highest BCUT2D eigenvalue weighted by molar-refractivity contribution is 5.94. The molecular weight excluding hydrogens is 232 g/mol. The van der Waals surface area contributed by atoms with E-state index in [4.69, 9.17) is 11.5 Å². The van der Waals surface area contributed by atoms with Crippen LogP contribution in [0.1, 0.15) is 29.4 Å². The molecule has 94 valence electrons. The first-order chi connectivity index (χ1) is 8.63. The molecule has 1 aliphatic carbocycles. The van der Waals surface area contributed by atoms with E-state index in [9.17, 15) is 9.59 Å². The van der Waals surface area contributed by atoms with Gasteiger partial charge in [0.25, 0.3) is 5.91 Å². The molecule has 1 fully saturated rings. The Bertz CT molecular complexity index is 509.